The minimum absolute atomic E-state index is 0.125. The number of nitrogens with zero attached hydrogens (tertiary/aromatic N) is 2. The van der Waals surface area contributed by atoms with Crippen molar-refractivity contribution < 1.29 is 17.6 Å². The smallest absolute Gasteiger partial charge is 0.246 e. The molecule has 132 valence electrons. The van der Waals surface area contributed by atoms with E-state index in [4.69, 9.17) is 0 Å². The van der Waals surface area contributed by atoms with Gasteiger partial charge in [-0.25, -0.2) is 12.8 Å². The Hall–Kier alpha value is -1.77. The van der Waals surface area contributed by atoms with Crippen LogP contribution < -0.4 is 5.32 Å². The molecule has 0 spiro atoms. The highest BCUT2D eigenvalue weighted by atomic mass is 32.2. The first-order chi connectivity index (χ1) is 11.4. The van der Waals surface area contributed by atoms with Gasteiger partial charge in [0.1, 0.15) is 10.7 Å². The lowest BCUT2D eigenvalue weighted by molar-refractivity contribution is -0.126. The Morgan fingerprint density at radius 3 is 2.54 bits per heavy atom. The third kappa shape index (κ3) is 4.00. The minimum atomic E-state index is -3.86. The summed E-state index contributed by atoms with van der Waals surface area (Å²) < 4.78 is 40.1. The zero-order chi connectivity index (χ0) is 17.7. The van der Waals surface area contributed by atoms with Crippen molar-refractivity contribution in [3.63, 3.8) is 0 Å². The van der Waals surface area contributed by atoms with E-state index in [-0.39, 0.29) is 29.9 Å². The van der Waals surface area contributed by atoms with Crippen LogP contribution in [0.25, 0.3) is 0 Å². The molecule has 1 amide bonds. The van der Waals surface area contributed by atoms with Crippen LogP contribution in [0.5, 0.6) is 0 Å². The largest absolute Gasteiger partial charge is 0.351 e. The Kier molecular flexibility index (Phi) is 6.09. The van der Waals surface area contributed by atoms with Crippen molar-refractivity contribution in [1.29, 1.82) is 0 Å². The van der Waals surface area contributed by atoms with E-state index in [1.165, 1.54) is 22.5 Å². The second kappa shape index (κ2) is 7.87. The van der Waals surface area contributed by atoms with Gasteiger partial charge in [0.05, 0.1) is 6.04 Å². The third-order valence-corrected chi connectivity index (χ3v) is 6.01. The van der Waals surface area contributed by atoms with Gasteiger partial charge >= 0.3 is 0 Å². The lowest BCUT2D eigenvalue weighted by atomic mass is 10.2. The number of hydrogen-bond donors (Lipinski definition) is 1. The standard InChI is InChI=1S/C16H22FN3O3S/c1-3-8-18-16(21)13(2)19-9-11-20(12-10-19)24(22,23)15-7-5-4-6-14(15)17/h3-7,13H,1,8-12H2,2H3,(H,18,21)/t13-/m1/s1. The van der Waals surface area contributed by atoms with Gasteiger partial charge in [-0.05, 0) is 19.1 Å². The van der Waals surface area contributed by atoms with Crippen LogP contribution in [-0.4, -0.2) is 62.3 Å². The van der Waals surface area contributed by atoms with Crippen LogP contribution >= 0.6 is 0 Å². The highest BCUT2D eigenvalue weighted by molar-refractivity contribution is 7.89. The summed E-state index contributed by atoms with van der Waals surface area (Å²) in [6.07, 6.45) is 1.60. The van der Waals surface area contributed by atoms with Crippen molar-refractivity contribution in [3.05, 3.63) is 42.7 Å². The maximum atomic E-state index is 13.8. The summed E-state index contributed by atoms with van der Waals surface area (Å²) in [6, 6.07) is 4.99. The summed E-state index contributed by atoms with van der Waals surface area (Å²) in [5.41, 5.74) is 0. The van der Waals surface area contributed by atoms with Gasteiger partial charge in [-0.15, -0.1) is 6.58 Å². The summed E-state index contributed by atoms with van der Waals surface area (Å²) in [5, 5.41) is 2.72. The second-order valence-electron chi connectivity index (χ2n) is 5.58. The zero-order valence-electron chi connectivity index (χ0n) is 13.6. The number of sulfonamides is 1. The lowest BCUT2D eigenvalue weighted by Crippen LogP contribution is -2.54. The van der Waals surface area contributed by atoms with E-state index in [2.05, 4.69) is 11.9 Å². The molecule has 0 radical (unpaired) electrons. The molecule has 1 saturated heterocycles. The number of nitrogens with one attached hydrogen (secondary N) is 1. The molecule has 1 aromatic carbocycles. The quantitative estimate of drug-likeness (QED) is 0.767. The van der Waals surface area contributed by atoms with Gasteiger partial charge in [0.15, 0.2) is 0 Å². The van der Waals surface area contributed by atoms with Gasteiger partial charge < -0.3 is 5.32 Å². The average Bonchev–Trinajstić information content (AvgIpc) is 2.59. The predicted molar refractivity (Wildman–Crippen MR) is 89.4 cm³/mol. The molecule has 8 heteroatoms. The van der Waals surface area contributed by atoms with E-state index >= 15 is 0 Å². The van der Waals surface area contributed by atoms with Crippen LogP contribution in [0.15, 0.2) is 41.8 Å². The van der Waals surface area contributed by atoms with Crippen LogP contribution in [-0.2, 0) is 14.8 Å². The average molecular weight is 355 g/mol. The van der Waals surface area contributed by atoms with Crippen LogP contribution in [0, 0.1) is 5.82 Å². The summed E-state index contributed by atoms with van der Waals surface area (Å²) in [5.74, 6) is -0.877. The van der Waals surface area contributed by atoms with Crippen LogP contribution in [0.2, 0.25) is 0 Å². The lowest BCUT2D eigenvalue weighted by Gasteiger charge is -2.36. The monoisotopic (exact) mass is 355 g/mol. The number of carbonyl (C=O) groups is 1. The Morgan fingerprint density at radius 2 is 1.96 bits per heavy atom. The molecular weight excluding hydrogens is 333 g/mol. The fourth-order valence-corrected chi connectivity index (χ4v) is 4.10. The Morgan fingerprint density at radius 1 is 1.33 bits per heavy atom. The number of hydrogen-bond acceptors (Lipinski definition) is 4. The maximum absolute atomic E-state index is 13.8. The van der Waals surface area contributed by atoms with Gasteiger partial charge in [-0.1, -0.05) is 18.2 Å². The number of amides is 1. The van der Waals surface area contributed by atoms with Gasteiger partial charge in [0, 0.05) is 32.7 Å². The molecule has 2 rings (SSSR count). The first-order valence-electron chi connectivity index (χ1n) is 7.75. The Labute approximate surface area is 142 Å². The SMILES string of the molecule is C=CCNC(=O)[C@@H](C)N1CCN(S(=O)(=O)c2ccccc2F)CC1. The van der Waals surface area contributed by atoms with Gasteiger partial charge in [-0.2, -0.15) is 4.31 Å². The number of rotatable bonds is 6. The molecular formula is C16H22FN3O3S. The van der Waals surface area contributed by atoms with Crippen molar-refractivity contribution in [2.24, 2.45) is 0 Å². The van der Waals surface area contributed by atoms with Crippen LogP contribution in [0.3, 0.4) is 0 Å². The molecule has 1 aliphatic heterocycles. The molecule has 1 atom stereocenters. The predicted octanol–water partition coefficient (Wildman–Crippen LogP) is 0.823. The number of carbonyl (C=O) groups excluding carboxylic acids is 1. The number of benzene rings is 1. The minimum Gasteiger partial charge on any atom is -0.351 e. The summed E-state index contributed by atoms with van der Waals surface area (Å²) in [6.45, 7) is 6.98. The topological polar surface area (TPSA) is 69.7 Å². The maximum Gasteiger partial charge on any atom is 0.246 e. The van der Waals surface area contributed by atoms with Crippen molar-refractivity contribution >= 4 is 15.9 Å². The summed E-state index contributed by atoms with van der Waals surface area (Å²) in [7, 11) is -3.86. The zero-order valence-corrected chi connectivity index (χ0v) is 14.4. The van der Waals surface area contributed by atoms with Gasteiger partial charge in [0.25, 0.3) is 0 Å². The van der Waals surface area contributed by atoms with E-state index in [0.29, 0.717) is 19.6 Å². The molecule has 0 bridgehead atoms. The fourth-order valence-electron chi connectivity index (χ4n) is 2.61. The third-order valence-electron chi connectivity index (χ3n) is 4.08. The van der Waals surface area contributed by atoms with E-state index in [1.54, 1.807) is 13.0 Å². The summed E-state index contributed by atoms with van der Waals surface area (Å²) in [4.78, 5) is 13.6. The molecule has 0 aromatic heterocycles. The van der Waals surface area contributed by atoms with Crippen LogP contribution in [0.1, 0.15) is 6.92 Å². The van der Waals surface area contributed by atoms with E-state index < -0.39 is 15.8 Å². The molecule has 1 aromatic rings. The first kappa shape index (κ1) is 18.6. The molecule has 1 aliphatic rings. The Balaban J connectivity index is 2.01. The van der Waals surface area contributed by atoms with Crippen molar-refractivity contribution in [3.8, 4) is 0 Å². The van der Waals surface area contributed by atoms with E-state index in [0.717, 1.165) is 6.07 Å². The second-order valence-corrected chi connectivity index (χ2v) is 7.49. The fraction of sp³-hybridized carbons (Fsp3) is 0.438. The van der Waals surface area contributed by atoms with E-state index in [9.17, 15) is 17.6 Å². The molecule has 0 unspecified atom stereocenters. The Bertz CT molecular complexity index is 700. The highest BCUT2D eigenvalue weighted by Crippen LogP contribution is 2.20. The van der Waals surface area contributed by atoms with E-state index in [1.807, 2.05) is 4.90 Å². The summed E-state index contributed by atoms with van der Waals surface area (Å²) >= 11 is 0. The molecule has 1 N–H and O–H groups in total. The highest BCUT2D eigenvalue weighted by Gasteiger charge is 2.32. The molecule has 0 saturated carbocycles. The normalized spacial score (nSPS) is 18.1. The molecule has 6 nitrogen and oxygen atoms in total. The van der Waals surface area contributed by atoms with Crippen LogP contribution in [0.4, 0.5) is 4.39 Å². The van der Waals surface area contributed by atoms with Gasteiger partial charge in [-0.3, -0.25) is 9.69 Å². The molecule has 24 heavy (non-hydrogen) atoms. The van der Waals surface area contributed by atoms with Crippen molar-refractivity contribution in [2.45, 2.75) is 17.9 Å². The molecule has 0 aliphatic carbocycles. The van der Waals surface area contributed by atoms with Crippen molar-refractivity contribution in [2.75, 3.05) is 32.7 Å². The van der Waals surface area contributed by atoms with Gasteiger partial charge in [0.2, 0.25) is 15.9 Å². The van der Waals surface area contributed by atoms with Crippen molar-refractivity contribution in [1.82, 2.24) is 14.5 Å². The molecule has 1 fully saturated rings. The first-order valence-corrected chi connectivity index (χ1v) is 9.19. The molecule has 1 heterocycles. The number of piperazine rings is 1. The number of halogens is 1.